The molecule has 1 aromatic heterocycles. The highest BCUT2D eigenvalue weighted by molar-refractivity contribution is 5.40. The molecule has 0 unspecified atom stereocenters. The van der Waals surface area contributed by atoms with Gasteiger partial charge in [0.2, 0.25) is 0 Å². The predicted molar refractivity (Wildman–Crippen MR) is 69.6 cm³/mol. The SMILES string of the molecule is OCCCN1CCN(c2ccc(C(F)(F)F)cn2)CC1. The Hall–Kier alpha value is -1.34. The second-order valence-corrected chi connectivity index (χ2v) is 4.81. The van der Waals surface area contributed by atoms with E-state index in [1.165, 1.54) is 6.07 Å². The van der Waals surface area contributed by atoms with Crippen LogP contribution >= 0.6 is 0 Å². The second kappa shape index (κ2) is 6.41. The molecule has 0 spiro atoms. The Kier molecular flexibility index (Phi) is 4.82. The van der Waals surface area contributed by atoms with Crippen molar-refractivity contribution in [1.82, 2.24) is 9.88 Å². The van der Waals surface area contributed by atoms with E-state index in [1.54, 1.807) is 0 Å². The molecule has 1 N–H and O–H groups in total. The maximum Gasteiger partial charge on any atom is 0.417 e. The van der Waals surface area contributed by atoms with Crippen molar-refractivity contribution in [1.29, 1.82) is 0 Å². The molecular weight excluding hydrogens is 271 g/mol. The first-order chi connectivity index (χ1) is 9.50. The highest BCUT2D eigenvalue weighted by Crippen LogP contribution is 2.29. The molecule has 1 aromatic rings. The summed E-state index contributed by atoms with van der Waals surface area (Å²) in [5.41, 5.74) is -0.720. The molecule has 20 heavy (non-hydrogen) atoms. The molecule has 0 saturated carbocycles. The largest absolute Gasteiger partial charge is 0.417 e. The summed E-state index contributed by atoms with van der Waals surface area (Å²) in [5, 5.41) is 8.78. The lowest BCUT2D eigenvalue weighted by Gasteiger charge is -2.35. The van der Waals surface area contributed by atoms with Gasteiger partial charge in [-0.2, -0.15) is 13.2 Å². The lowest BCUT2D eigenvalue weighted by molar-refractivity contribution is -0.137. The fraction of sp³-hybridized carbons (Fsp3) is 0.615. The number of piperazine rings is 1. The number of alkyl halides is 3. The van der Waals surface area contributed by atoms with Crippen LogP contribution in [-0.2, 0) is 6.18 Å². The van der Waals surface area contributed by atoms with Crippen molar-refractivity contribution in [2.75, 3.05) is 44.2 Å². The molecule has 0 aromatic carbocycles. The number of pyridine rings is 1. The van der Waals surface area contributed by atoms with Gasteiger partial charge < -0.3 is 10.0 Å². The maximum absolute atomic E-state index is 12.5. The molecular formula is C13H18F3N3O. The topological polar surface area (TPSA) is 39.6 Å². The van der Waals surface area contributed by atoms with Crippen LogP contribution in [0.5, 0.6) is 0 Å². The van der Waals surface area contributed by atoms with Crippen LogP contribution in [0.4, 0.5) is 19.0 Å². The summed E-state index contributed by atoms with van der Waals surface area (Å²) < 4.78 is 37.4. The zero-order chi connectivity index (χ0) is 14.6. The van der Waals surface area contributed by atoms with Crippen molar-refractivity contribution in [2.45, 2.75) is 12.6 Å². The smallest absolute Gasteiger partial charge is 0.396 e. The van der Waals surface area contributed by atoms with E-state index in [1.807, 2.05) is 4.90 Å². The monoisotopic (exact) mass is 289 g/mol. The lowest BCUT2D eigenvalue weighted by Crippen LogP contribution is -2.47. The Bertz CT molecular complexity index is 414. The molecule has 1 aliphatic rings. The summed E-state index contributed by atoms with van der Waals surface area (Å²) in [6.07, 6.45) is -2.71. The fourth-order valence-corrected chi connectivity index (χ4v) is 2.24. The lowest BCUT2D eigenvalue weighted by atomic mass is 10.2. The summed E-state index contributed by atoms with van der Waals surface area (Å²) in [6.45, 7) is 4.18. The summed E-state index contributed by atoms with van der Waals surface area (Å²) in [5.74, 6) is 0.583. The second-order valence-electron chi connectivity index (χ2n) is 4.81. The first-order valence-corrected chi connectivity index (χ1v) is 6.62. The molecule has 1 fully saturated rings. The van der Waals surface area contributed by atoms with E-state index < -0.39 is 11.7 Å². The number of nitrogens with zero attached hydrogens (tertiary/aromatic N) is 3. The van der Waals surface area contributed by atoms with E-state index >= 15 is 0 Å². The third-order valence-corrected chi connectivity index (χ3v) is 3.40. The van der Waals surface area contributed by atoms with Crippen molar-refractivity contribution in [3.05, 3.63) is 23.9 Å². The number of hydrogen-bond donors (Lipinski definition) is 1. The van der Waals surface area contributed by atoms with E-state index in [2.05, 4.69) is 9.88 Å². The number of rotatable bonds is 4. The average Bonchev–Trinajstić information content (AvgIpc) is 2.45. The van der Waals surface area contributed by atoms with Crippen LogP contribution in [0.25, 0.3) is 0 Å². The van der Waals surface area contributed by atoms with Gasteiger partial charge in [0, 0.05) is 45.5 Å². The molecule has 2 heterocycles. The number of anilines is 1. The van der Waals surface area contributed by atoms with E-state index in [4.69, 9.17) is 5.11 Å². The van der Waals surface area contributed by atoms with E-state index in [-0.39, 0.29) is 6.61 Å². The minimum absolute atomic E-state index is 0.181. The first kappa shape index (κ1) is 15.1. The van der Waals surface area contributed by atoms with Crippen LogP contribution in [-0.4, -0.2) is 54.3 Å². The van der Waals surface area contributed by atoms with Crippen molar-refractivity contribution >= 4 is 5.82 Å². The quantitative estimate of drug-likeness (QED) is 0.914. The molecule has 112 valence electrons. The Morgan fingerprint density at radius 1 is 1.15 bits per heavy atom. The Balaban J connectivity index is 1.90. The van der Waals surface area contributed by atoms with E-state index in [0.717, 1.165) is 51.4 Å². The normalized spacial score (nSPS) is 17.5. The number of aromatic nitrogens is 1. The standard InChI is InChI=1S/C13H18F3N3O/c14-13(15,16)11-2-3-12(17-10-11)19-7-5-18(6-8-19)4-1-9-20/h2-3,10,20H,1,4-9H2. The molecule has 0 bridgehead atoms. The van der Waals surface area contributed by atoms with Gasteiger partial charge in [-0.05, 0) is 18.6 Å². The van der Waals surface area contributed by atoms with Gasteiger partial charge in [0.1, 0.15) is 5.82 Å². The van der Waals surface area contributed by atoms with Crippen LogP contribution in [0.15, 0.2) is 18.3 Å². The minimum Gasteiger partial charge on any atom is -0.396 e. The van der Waals surface area contributed by atoms with Gasteiger partial charge >= 0.3 is 6.18 Å². The number of halogens is 3. The van der Waals surface area contributed by atoms with Crippen LogP contribution < -0.4 is 4.90 Å². The van der Waals surface area contributed by atoms with Crippen molar-refractivity contribution < 1.29 is 18.3 Å². The van der Waals surface area contributed by atoms with Gasteiger partial charge in [0.05, 0.1) is 5.56 Å². The fourth-order valence-electron chi connectivity index (χ4n) is 2.24. The van der Waals surface area contributed by atoms with Gasteiger partial charge in [-0.15, -0.1) is 0 Å². The van der Waals surface area contributed by atoms with Gasteiger partial charge in [-0.3, -0.25) is 4.90 Å². The van der Waals surface area contributed by atoms with E-state index in [0.29, 0.717) is 5.82 Å². The van der Waals surface area contributed by atoms with Crippen LogP contribution in [0.2, 0.25) is 0 Å². The molecule has 0 aliphatic carbocycles. The molecule has 0 amide bonds. The van der Waals surface area contributed by atoms with Crippen molar-refractivity contribution in [3.8, 4) is 0 Å². The van der Waals surface area contributed by atoms with Gasteiger partial charge in [-0.1, -0.05) is 0 Å². The Labute approximate surface area is 115 Å². The third-order valence-electron chi connectivity index (χ3n) is 3.40. The number of aliphatic hydroxyl groups excluding tert-OH is 1. The Morgan fingerprint density at radius 2 is 1.85 bits per heavy atom. The summed E-state index contributed by atoms with van der Waals surface area (Å²) in [7, 11) is 0. The van der Waals surface area contributed by atoms with Crippen LogP contribution in [0.3, 0.4) is 0 Å². The zero-order valence-electron chi connectivity index (χ0n) is 11.1. The molecule has 7 heteroatoms. The predicted octanol–water partition coefficient (Wildman–Crippen LogP) is 1.60. The third kappa shape index (κ3) is 3.83. The maximum atomic E-state index is 12.5. The molecule has 1 saturated heterocycles. The minimum atomic E-state index is -4.34. The van der Waals surface area contributed by atoms with Gasteiger partial charge in [0.25, 0.3) is 0 Å². The van der Waals surface area contributed by atoms with Crippen molar-refractivity contribution in [2.24, 2.45) is 0 Å². The first-order valence-electron chi connectivity index (χ1n) is 6.62. The zero-order valence-corrected chi connectivity index (χ0v) is 11.1. The van der Waals surface area contributed by atoms with Crippen molar-refractivity contribution in [3.63, 3.8) is 0 Å². The highest BCUT2D eigenvalue weighted by Gasteiger charge is 2.31. The Morgan fingerprint density at radius 3 is 2.35 bits per heavy atom. The summed E-state index contributed by atoms with van der Waals surface area (Å²) >= 11 is 0. The average molecular weight is 289 g/mol. The molecule has 2 rings (SSSR count). The van der Waals surface area contributed by atoms with Crippen LogP contribution in [0, 0.1) is 0 Å². The van der Waals surface area contributed by atoms with Crippen LogP contribution in [0.1, 0.15) is 12.0 Å². The van der Waals surface area contributed by atoms with Gasteiger partial charge in [0.15, 0.2) is 0 Å². The molecule has 1 aliphatic heterocycles. The molecule has 4 nitrogen and oxygen atoms in total. The highest BCUT2D eigenvalue weighted by atomic mass is 19.4. The molecule has 0 atom stereocenters. The van der Waals surface area contributed by atoms with E-state index in [9.17, 15) is 13.2 Å². The summed E-state index contributed by atoms with van der Waals surface area (Å²) in [4.78, 5) is 8.12. The van der Waals surface area contributed by atoms with Gasteiger partial charge in [-0.25, -0.2) is 4.98 Å². The number of aliphatic hydroxyl groups is 1. The summed E-state index contributed by atoms with van der Waals surface area (Å²) in [6, 6.07) is 2.49. The number of hydrogen-bond acceptors (Lipinski definition) is 4. The molecule has 0 radical (unpaired) electrons.